The van der Waals surface area contributed by atoms with E-state index in [-0.39, 0.29) is 5.91 Å². The molecular weight excluding hydrogens is 240 g/mol. The quantitative estimate of drug-likeness (QED) is 0.726. The zero-order chi connectivity index (χ0) is 14.5. The van der Waals surface area contributed by atoms with Gasteiger partial charge in [0.1, 0.15) is 5.54 Å². The van der Waals surface area contributed by atoms with Crippen molar-refractivity contribution < 1.29 is 4.79 Å². The number of carbonyl (C=O) groups excluding carboxylic acids is 1. The Morgan fingerprint density at radius 1 is 1.47 bits per heavy atom. The summed E-state index contributed by atoms with van der Waals surface area (Å²) in [6, 6.07) is 0.453. The highest BCUT2D eigenvalue weighted by molar-refractivity contribution is 5.84. The van der Waals surface area contributed by atoms with Crippen molar-refractivity contribution in [2.75, 3.05) is 39.8 Å². The average molecular weight is 270 g/mol. The number of primary amides is 1. The van der Waals surface area contributed by atoms with Crippen LogP contribution in [0.1, 0.15) is 33.6 Å². The molecule has 0 spiro atoms. The molecule has 0 saturated carbocycles. The molecule has 1 amide bonds. The minimum Gasteiger partial charge on any atom is -0.368 e. The van der Waals surface area contributed by atoms with E-state index in [0.717, 1.165) is 39.0 Å². The Morgan fingerprint density at radius 3 is 2.74 bits per heavy atom. The van der Waals surface area contributed by atoms with Gasteiger partial charge in [0.25, 0.3) is 0 Å². The maximum absolute atomic E-state index is 11.8. The smallest absolute Gasteiger partial charge is 0.238 e. The Balaban J connectivity index is 2.69. The van der Waals surface area contributed by atoms with Crippen LogP contribution in [-0.4, -0.2) is 67.1 Å². The van der Waals surface area contributed by atoms with Crippen LogP contribution in [0.4, 0.5) is 0 Å². The normalized spacial score (nSPS) is 25.8. The second kappa shape index (κ2) is 7.22. The molecule has 2 atom stereocenters. The van der Waals surface area contributed by atoms with Gasteiger partial charge in [0.2, 0.25) is 5.91 Å². The topological polar surface area (TPSA) is 61.6 Å². The summed E-state index contributed by atoms with van der Waals surface area (Å²) >= 11 is 0. The summed E-state index contributed by atoms with van der Waals surface area (Å²) in [5.74, 6) is -0.259. The number of carbonyl (C=O) groups is 1. The van der Waals surface area contributed by atoms with E-state index >= 15 is 0 Å². The van der Waals surface area contributed by atoms with Crippen molar-refractivity contribution in [3.05, 3.63) is 0 Å². The molecule has 5 nitrogen and oxygen atoms in total. The van der Waals surface area contributed by atoms with Gasteiger partial charge in [-0.1, -0.05) is 6.92 Å². The molecule has 0 radical (unpaired) electrons. The Bertz CT molecular complexity index is 297. The standard InChI is InChI=1S/C14H30N4O/c1-5-7-16-14(3,13(15)19)11-18-9-6-8-17(4)10-12(18)2/h12,16H,5-11H2,1-4H3,(H2,15,19). The molecule has 1 aliphatic rings. The summed E-state index contributed by atoms with van der Waals surface area (Å²) in [6.07, 6.45) is 2.14. The molecule has 3 N–H and O–H groups in total. The summed E-state index contributed by atoms with van der Waals surface area (Å²) in [5.41, 5.74) is 4.97. The van der Waals surface area contributed by atoms with E-state index < -0.39 is 5.54 Å². The van der Waals surface area contributed by atoms with Gasteiger partial charge >= 0.3 is 0 Å². The van der Waals surface area contributed by atoms with Crippen LogP contribution in [0.2, 0.25) is 0 Å². The SMILES string of the molecule is CCCNC(C)(CN1CCCN(C)CC1C)C(N)=O. The zero-order valence-electron chi connectivity index (χ0n) is 12.9. The highest BCUT2D eigenvalue weighted by Gasteiger charge is 2.34. The van der Waals surface area contributed by atoms with E-state index in [2.05, 4.69) is 36.0 Å². The number of nitrogens with zero attached hydrogens (tertiary/aromatic N) is 2. The van der Waals surface area contributed by atoms with E-state index in [1.165, 1.54) is 0 Å². The average Bonchev–Trinajstić information content (AvgIpc) is 2.48. The van der Waals surface area contributed by atoms with Gasteiger partial charge in [-0.05, 0) is 53.4 Å². The van der Waals surface area contributed by atoms with Gasteiger partial charge in [0, 0.05) is 19.1 Å². The van der Waals surface area contributed by atoms with Crippen LogP contribution in [0.5, 0.6) is 0 Å². The highest BCUT2D eigenvalue weighted by atomic mass is 16.1. The molecule has 19 heavy (non-hydrogen) atoms. The first kappa shape index (κ1) is 16.4. The monoisotopic (exact) mass is 270 g/mol. The predicted octanol–water partition coefficient (Wildman–Crippen LogP) is 0.256. The molecule has 1 rings (SSSR count). The first-order chi connectivity index (χ1) is 8.89. The molecule has 1 fully saturated rings. The van der Waals surface area contributed by atoms with E-state index in [1.807, 2.05) is 6.92 Å². The molecule has 1 saturated heterocycles. The highest BCUT2D eigenvalue weighted by Crippen LogP contribution is 2.14. The first-order valence-electron chi connectivity index (χ1n) is 7.36. The van der Waals surface area contributed by atoms with Crippen LogP contribution in [0.25, 0.3) is 0 Å². The fraction of sp³-hybridized carbons (Fsp3) is 0.929. The lowest BCUT2D eigenvalue weighted by Crippen LogP contribution is -2.61. The Labute approximate surface area is 117 Å². The lowest BCUT2D eigenvalue weighted by molar-refractivity contribution is -0.124. The molecule has 2 unspecified atom stereocenters. The molecule has 5 heteroatoms. The molecule has 1 heterocycles. The van der Waals surface area contributed by atoms with Crippen molar-refractivity contribution >= 4 is 5.91 Å². The van der Waals surface area contributed by atoms with Crippen molar-refractivity contribution in [2.24, 2.45) is 5.73 Å². The van der Waals surface area contributed by atoms with Crippen LogP contribution >= 0.6 is 0 Å². The Hall–Kier alpha value is -0.650. The third kappa shape index (κ3) is 4.75. The maximum Gasteiger partial charge on any atom is 0.238 e. The molecule has 0 aromatic heterocycles. The number of hydrogen-bond acceptors (Lipinski definition) is 4. The zero-order valence-corrected chi connectivity index (χ0v) is 12.9. The molecule has 0 aromatic carbocycles. The number of nitrogens with one attached hydrogen (secondary N) is 1. The minimum atomic E-state index is -0.632. The van der Waals surface area contributed by atoms with Gasteiger partial charge in [-0.25, -0.2) is 0 Å². The van der Waals surface area contributed by atoms with E-state index in [0.29, 0.717) is 12.6 Å². The van der Waals surface area contributed by atoms with Crippen molar-refractivity contribution in [3.8, 4) is 0 Å². The maximum atomic E-state index is 11.8. The predicted molar refractivity (Wildman–Crippen MR) is 79.0 cm³/mol. The van der Waals surface area contributed by atoms with Crippen molar-refractivity contribution in [1.82, 2.24) is 15.1 Å². The molecule has 0 bridgehead atoms. The molecule has 0 aliphatic carbocycles. The second-order valence-electron chi connectivity index (χ2n) is 6.06. The van der Waals surface area contributed by atoms with Gasteiger partial charge < -0.3 is 16.0 Å². The molecule has 1 aliphatic heterocycles. The largest absolute Gasteiger partial charge is 0.368 e. The third-order valence-corrected chi connectivity index (χ3v) is 4.01. The summed E-state index contributed by atoms with van der Waals surface area (Å²) in [6.45, 7) is 11.0. The lowest BCUT2D eigenvalue weighted by Gasteiger charge is -2.36. The third-order valence-electron chi connectivity index (χ3n) is 4.01. The van der Waals surface area contributed by atoms with Crippen LogP contribution in [0, 0.1) is 0 Å². The van der Waals surface area contributed by atoms with Gasteiger partial charge in [-0.2, -0.15) is 0 Å². The lowest BCUT2D eigenvalue weighted by atomic mass is 9.99. The number of rotatable bonds is 6. The van der Waals surface area contributed by atoms with Gasteiger partial charge in [-0.3, -0.25) is 9.69 Å². The van der Waals surface area contributed by atoms with Crippen LogP contribution < -0.4 is 11.1 Å². The summed E-state index contributed by atoms with van der Waals surface area (Å²) in [5, 5.41) is 3.31. The Kier molecular flexibility index (Phi) is 6.23. The Morgan fingerprint density at radius 2 is 2.16 bits per heavy atom. The number of hydrogen-bond donors (Lipinski definition) is 2. The van der Waals surface area contributed by atoms with Crippen LogP contribution in [-0.2, 0) is 4.79 Å². The van der Waals surface area contributed by atoms with Gasteiger partial charge in [-0.15, -0.1) is 0 Å². The van der Waals surface area contributed by atoms with E-state index in [1.54, 1.807) is 0 Å². The summed E-state index contributed by atoms with van der Waals surface area (Å²) in [4.78, 5) is 16.5. The van der Waals surface area contributed by atoms with Crippen molar-refractivity contribution in [3.63, 3.8) is 0 Å². The molecule has 0 aromatic rings. The summed E-state index contributed by atoms with van der Waals surface area (Å²) < 4.78 is 0. The first-order valence-corrected chi connectivity index (χ1v) is 7.36. The molecular formula is C14H30N4O. The number of nitrogens with two attached hydrogens (primary N) is 1. The number of amides is 1. The molecule has 112 valence electrons. The van der Waals surface area contributed by atoms with Crippen molar-refractivity contribution in [2.45, 2.75) is 45.2 Å². The van der Waals surface area contributed by atoms with E-state index in [4.69, 9.17) is 5.73 Å². The fourth-order valence-corrected chi connectivity index (χ4v) is 2.68. The van der Waals surface area contributed by atoms with Gasteiger partial charge in [0.05, 0.1) is 0 Å². The number of likely N-dealkylation sites (N-methyl/N-ethyl adjacent to an activating group) is 1. The second-order valence-corrected chi connectivity index (χ2v) is 6.06. The fourth-order valence-electron chi connectivity index (χ4n) is 2.68. The van der Waals surface area contributed by atoms with Gasteiger partial charge in [0.15, 0.2) is 0 Å². The van der Waals surface area contributed by atoms with Crippen molar-refractivity contribution in [1.29, 1.82) is 0 Å². The summed E-state index contributed by atoms with van der Waals surface area (Å²) in [7, 11) is 2.16. The minimum absolute atomic E-state index is 0.259. The van der Waals surface area contributed by atoms with Crippen LogP contribution in [0.15, 0.2) is 0 Å². The van der Waals surface area contributed by atoms with Crippen LogP contribution in [0.3, 0.4) is 0 Å². The van der Waals surface area contributed by atoms with E-state index in [9.17, 15) is 4.79 Å².